The molecule has 0 N–H and O–H groups in total. The molecule has 2 nitrogen and oxygen atoms in total. The SMILES string of the molecule is CC(=O)C1(C)CC(=O)C1. The van der Waals surface area contributed by atoms with Crippen molar-refractivity contribution in [2.24, 2.45) is 5.41 Å². The Hall–Kier alpha value is -0.660. The molecule has 0 saturated heterocycles. The van der Waals surface area contributed by atoms with Crippen LogP contribution in [-0.4, -0.2) is 11.6 Å². The molecule has 1 aliphatic rings. The standard InChI is InChI=1S/C7H10O2/c1-5(8)7(2)3-6(9)4-7/h3-4H2,1-2H3. The average Bonchev–Trinajstić information content (AvgIpc) is 1.62. The third kappa shape index (κ3) is 0.889. The molecule has 1 saturated carbocycles. The van der Waals surface area contributed by atoms with E-state index in [1.165, 1.54) is 0 Å². The van der Waals surface area contributed by atoms with E-state index in [0.717, 1.165) is 0 Å². The fourth-order valence-corrected chi connectivity index (χ4v) is 1.07. The largest absolute Gasteiger partial charge is 0.300 e. The summed E-state index contributed by atoms with van der Waals surface area (Å²) in [5.41, 5.74) is -0.295. The smallest absolute Gasteiger partial charge is 0.136 e. The second-order valence-electron chi connectivity index (χ2n) is 3.01. The zero-order valence-corrected chi connectivity index (χ0v) is 5.73. The molecule has 0 heterocycles. The van der Waals surface area contributed by atoms with Crippen LogP contribution in [0.2, 0.25) is 0 Å². The van der Waals surface area contributed by atoms with Gasteiger partial charge in [-0.2, -0.15) is 0 Å². The molecule has 0 unspecified atom stereocenters. The zero-order chi connectivity index (χ0) is 7.07. The van der Waals surface area contributed by atoms with E-state index in [1.54, 1.807) is 6.92 Å². The second kappa shape index (κ2) is 1.66. The Morgan fingerprint density at radius 1 is 1.56 bits per heavy atom. The van der Waals surface area contributed by atoms with Crippen molar-refractivity contribution in [1.29, 1.82) is 0 Å². The summed E-state index contributed by atoms with van der Waals surface area (Å²) in [6, 6.07) is 0. The van der Waals surface area contributed by atoms with Crippen molar-refractivity contribution in [3.8, 4) is 0 Å². The third-order valence-corrected chi connectivity index (χ3v) is 2.02. The highest BCUT2D eigenvalue weighted by Gasteiger charge is 2.42. The number of ketones is 2. The Balaban J connectivity index is 2.60. The molecule has 0 aromatic carbocycles. The van der Waals surface area contributed by atoms with Crippen LogP contribution in [0, 0.1) is 5.41 Å². The molecule has 2 heteroatoms. The number of carbonyl (C=O) groups excluding carboxylic acids is 2. The van der Waals surface area contributed by atoms with Gasteiger partial charge in [-0.3, -0.25) is 9.59 Å². The molecule has 0 aromatic heterocycles. The first-order chi connectivity index (χ1) is 4.04. The summed E-state index contributed by atoms with van der Waals surface area (Å²) < 4.78 is 0. The van der Waals surface area contributed by atoms with Gasteiger partial charge in [-0.05, 0) is 6.92 Å². The van der Waals surface area contributed by atoms with Gasteiger partial charge in [0.25, 0.3) is 0 Å². The van der Waals surface area contributed by atoms with Crippen molar-refractivity contribution in [2.45, 2.75) is 26.7 Å². The molecule has 0 atom stereocenters. The second-order valence-corrected chi connectivity index (χ2v) is 3.01. The van der Waals surface area contributed by atoms with E-state index >= 15 is 0 Å². The number of rotatable bonds is 1. The highest BCUT2D eigenvalue weighted by molar-refractivity contribution is 5.99. The van der Waals surface area contributed by atoms with Gasteiger partial charge in [-0.25, -0.2) is 0 Å². The van der Waals surface area contributed by atoms with Gasteiger partial charge in [0.2, 0.25) is 0 Å². The maximum atomic E-state index is 10.7. The molecular weight excluding hydrogens is 116 g/mol. The molecule has 0 amide bonds. The van der Waals surface area contributed by atoms with Crippen LogP contribution in [0.4, 0.5) is 0 Å². The summed E-state index contributed by atoms with van der Waals surface area (Å²) >= 11 is 0. The van der Waals surface area contributed by atoms with Crippen LogP contribution in [0.3, 0.4) is 0 Å². The topological polar surface area (TPSA) is 34.1 Å². The number of hydrogen-bond donors (Lipinski definition) is 0. The van der Waals surface area contributed by atoms with Gasteiger partial charge in [0, 0.05) is 18.3 Å². The number of Topliss-reactive ketones (excluding diaryl/α,β-unsaturated/α-hetero) is 2. The van der Waals surface area contributed by atoms with Gasteiger partial charge in [0.15, 0.2) is 0 Å². The number of carbonyl (C=O) groups is 2. The van der Waals surface area contributed by atoms with Gasteiger partial charge in [-0.1, -0.05) is 6.92 Å². The van der Waals surface area contributed by atoms with Crippen molar-refractivity contribution in [2.75, 3.05) is 0 Å². The van der Waals surface area contributed by atoms with Crippen LogP contribution in [0.25, 0.3) is 0 Å². The fraction of sp³-hybridized carbons (Fsp3) is 0.714. The fourth-order valence-electron chi connectivity index (χ4n) is 1.07. The van der Waals surface area contributed by atoms with Crippen molar-refractivity contribution in [1.82, 2.24) is 0 Å². The first-order valence-electron chi connectivity index (χ1n) is 3.07. The van der Waals surface area contributed by atoms with E-state index in [0.29, 0.717) is 12.8 Å². The van der Waals surface area contributed by atoms with E-state index < -0.39 is 0 Å². The van der Waals surface area contributed by atoms with E-state index in [2.05, 4.69) is 0 Å². The van der Waals surface area contributed by atoms with Crippen LogP contribution in [0.5, 0.6) is 0 Å². The van der Waals surface area contributed by atoms with Gasteiger partial charge in [0.1, 0.15) is 11.6 Å². The maximum absolute atomic E-state index is 10.7. The predicted molar refractivity (Wildman–Crippen MR) is 33.0 cm³/mol. The lowest BCUT2D eigenvalue weighted by molar-refractivity contribution is -0.143. The molecule has 1 aliphatic carbocycles. The molecule has 9 heavy (non-hydrogen) atoms. The maximum Gasteiger partial charge on any atom is 0.136 e. The van der Waals surface area contributed by atoms with Crippen molar-refractivity contribution < 1.29 is 9.59 Å². The third-order valence-electron chi connectivity index (χ3n) is 2.02. The highest BCUT2D eigenvalue weighted by atomic mass is 16.1. The Kier molecular flexibility index (Phi) is 1.19. The summed E-state index contributed by atoms with van der Waals surface area (Å²) in [6.07, 6.45) is 0.921. The van der Waals surface area contributed by atoms with Crippen LogP contribution < -0.4 is 0 Å². The van der Waals surface area contributed by atoms with E-state index in [4.69, 9.17) is 0 Å². The van der Waals surface area contributed by atoms with Gasteiger partial charge >= 0.3 is 0 Å². The summed E-state index contributed by atoms with van der Waals surface area (Å²) in [5, 5.41) is 0. The quantitative estimate of drug-likeness (QED) is 0.524. The molecule has 0 aliphatic heterocycles. The normalized spacial score (nSPS) is 23.1. The minimum absolute atomic E-state index is 0.141. The summed E-state index contributed by atoms with van der Waals surface area (Å²) in [4.78, 5) is 21.2. The van der Waals surface area contributed by atoms with Crippen LogP contribution in [0.15, 0.2) is 0 Å². The van der Waals surface area contributed by atoms with Crippen molar-refractivity contribution >= 4 is 11.6 Å². The Morgan fingerprint density at radius 3 is 2.11 bits per heavy atom. The predicted octanol–water partition coefficient (Wildman–Crippen LogP) is 0.945. The Labute approximate surface area is 54.2 Å². The van der Waals surface area contributed by atoms with E-state index in [1.807, 2.05) is 6.92 Å². The molecule has 1 fully saturated rings. The van der Waals surface area contributed by atoms with Crippen LogP contribution in [0.1, 0.15) is 26.7 Å². The summed E-state index contributed by atoms with van der Waals surface area (Å²) in [6.45, 7) is 3.39. The van der Waals surface area contributed by atoms with Gasteiger partial charge in [-0.15, -0.1) is 0 Å². The van der Waals surface area contributed by atoms with Gasteiger partial charge in [0.05, 0.1) is 0 Å². The molecule has 0 bridgehead atoms. The lowest BCUT2D eigenvalue weighted by Gasteiger charge is -2.33. The molecule has 50 valence electrons. The molecule has 0 aromatic rings. The van der Waals surface area contributed by atoms with Crippen LogP contribution in [-0.2, 0) is 9.59 Å². The van der Waals surface area contributed by atoms with Crippen molar-refractivity contribution in [3.63, 3.8) is 0 Å². The average molecular weight is 126 g/mol. The van der Waals surface area contributed by atoms with E-state index in [9.17, 15) is 9.59 Å². The molecule has 0 radical (unpaired) electrons. The molecular formula is C7H10O2. The monoisotopic (exact) mass is 126 g/mol. The summed E-state index contributed by atoms with van der Waals surface area (Å²) in [5.74, 6) is 0.356. The lowest BCUT2D eigenvalue weighted by atomic mass is 9.67. The molecule has 0 spiro atoms. The minimum Gasteiger partial charge on any atom is -0.300 e. The van der Waals surface area contributed by atoms with Crippen molar-refractivity contribution in [3.05, 3.63) is 0 Å². The summed E-state index contributed by atoms with van der Waals surface area (Å²) in [7, 11) is 0. The number of hydrogen-bond acceptors (Lipinski definition) is 2. The minimum atomic E-state index is -0.295. The zero-order valence-electron chi connectivity index (χ0n) is 5.73. The Morgan fingerprint density at radius 2 is 2.00 bits per heavy atom. The van der Waals surface area contributed by atoms with E-state index in [-0.39, 0.29) is 17.0 Å². The van der Waals surface area contributed by atoms with Crippen LogP contribution >= 0.6 is 0 Å². The Bertz CT molecular complexity index is 162. The first kappa shape index (κ1) is 6.46. The molecule has 1 rings (SSSR count). The first-order valence-corrected chi connectivity index (χ1v) is 3.07. The lowest BCUT2D eigenvalue weighted by Crippen LogP contribution is -2.40. The van der Waals surface area contributed by atoms with Gasteiger partial charge < -0.3 is 0 Å². The highest BCUT2D eigenvalue weighted by Crippen LogP contribution is 2.37.